The second-order valence-electron chi connectivity index (χ2n) is 4.79. The van der Waals surface area contributed by atoms with Gasteiger partial charge in [-0.2, -0.15) is 0 Å². The zero-order chi connectivity index (χ0) is 16.0. The minimum Gasteiger partial charge on any atom is -0.480 e. The predicted molar refractivity (Wildman–Crippen MR) is 73.1 cm³/mol. The molecule has 0 bridgehead atoms. The van der Waals surface area contributed by atoms with E-state index in [9.17, 15) is 15.0 Å². The monoisotopic (exact) mass is 359 g/mol. The number of aliphatic carboxylic acids is 1. The minimum atomic E-state index is -1.29. The van der Waals surface area contributed by atoms with Crippen molar-refractivity contribution >= 4 is 21.9 Å². The first-order valence-electron chi connectivity index (χ1n) is 6.06. The van der Waals surface area contributed by atoms with Gasteiger partial charge in [0.1, 0.15) is 35.5 Å². The lowest BCUT2D eigenvalue weighted by molar-refractivity contribution is -0.203. The maximum absolute atomic E-state index is 10.0. The molecule has 0 amide bonds. The van der Waals surface area contributed by atoms with E-state index in [1.54, 1.807) is 13.8 Å². The number of rotatable bonds is 3. The molecule has 6 atom stereocenters. The van der Waals surface area contributed by atoms with Crippen molar-refractivity contribution in [3.05, 3.63) is 0 Å². The Balaban J connectivity index is 0.000000396. The number of halogens is 1. The molecule has 1 rings (SSSR count). The molecule has 0 aromatic rings. The standard InChI is InChI=1S/C6H11BrO5.C5H11NO2/c7-6-5(11)4(10)3(9)2(1-8)12-6;1-3(2)4(6)5(7)8/h2-6,8-11H,1H2;3-4H,6H2,1-2H3,(H,7,8)/t2-,3-,4+,5-,6?;4-/m10/s1. The predicted octanol–water partition coefficient (Wildman–Crippen LogP) is -1.76. The highest BCUT2D eigenvalue weighted by Gasteiger charge is 2.42. The molecule has 1 saturated heterocycles. The van der Waals surface area contributed by atoms with Crippen molar-refractivity contribution in [2.24, 2.45) is 11.7 Å². The molecule has 1 heterocycles. The zero-order valence-corrected chi connectivity index (χ0v) is 12.8. The summed E-state index contributed by atoms with van der Waals surface area (Å²) in [7, 11) is 0. The van der Waals surface area contributed by atoms with Crippen molar-refractivity contribution in [3.8, 4) is 0 Å². The van der Waals surface area contributed by atoms with Crippen LogP contribution in [0.2, 0.25) is 0 Å². The maximum Gasteiger partial charge on any atom is 0.320 e. The van der Waals surface area contributed by atoms with Gasteiger partial charge in [0.15, 0.2) is 0 Å². The molecule has 0 radical (unpaired) electrons. The van der Waals surface area contributed by atoms with Crippen LogP contribution in [0.15, 0.2) is 0 Å². The van der Waals surface area contributed by atoms with E-state index in [1.807, 2.05) is 0 Å². The van der Waals surface area contributed by atoms with Gasteiger partial charge in [-0.05, 0) is 5.92 Å². The number of hydrogen-bond acceptors (Lipinski definition) is 7. The van der Waals surface area contributed by atoms with Crippen molar-refractivity contribution < 1.29 is 35.1 Å². The van der Waals surface area contributed by atoms with E-state index in [1.165, 1.54) is 0 Å². The molecule has 0 aromatic carbocycles. The van der Waals surface area contributed by atoms with Crippen LogP contribution in [0.4, 0.5) is 0 Å². The summed E-state index contributed by atoms with van der Waals surface area (Å²) in [6, 6.07) is -0.713. The maximum atomic E-state index is 10.0. The third kappa shape index (κ3) is 5.60. The summed E-state index contributed by atoms with van der Waals surface area (Å²) in [6.07, 6.45) is -4.57. The number of carboxylic acid groups (broad SMARTS) is 1. The van der Waals surface area contributed by atoms with E-state index in [0.29, 0.717) is 0 Å². The highest BCUT2D eigenvalue weighted by Crippen LogP contribution is 2.24. The van der Waals surface area contributed by atoms with Crippen LogP contribution in [0.25, 0.3) is 0 Å². The van der Waals surface area contributed by atoms with Crippen LogP contribution >= 0.6 is 15.9 Å². The van der Waals surface area contributed by atoms with Crippen LogP contribution in [0, 0.1) is 5.92 Å². The van der Waals surface area contributed by atoms with Gasteiger partial charge >= 0.3 is 5.97 Å². The van der Waals surface area contributed by atoms with Crippen molar-refractivity contribution in [1.82, 2.24) is 0 Å². The first-order chi connectivity index (χ1) is 9.13. The number of aliphatic hydroxyl groups is 4. The van der Waals surface area contributed by atoms with Gasteiger partial charge in [-0.1, -0.05) is 29.8 Å². The lowest BCUT2D eigenvalue weighted by atomic mass is 10.0. The summed E-state index contributed by atoms with van der Waals surface area (Å²) in [5.41, 5.74) is 5.16. The fourth-order valence-corrected chi connectivity index (χ4v) is 1.93. The Morgan fingerprint density at radius 2 is 1.75 bits per heavy atom. The van der Waals surface area contributed by atoms with Crippen LogP contribution in [0.5, 0.6) is 0 Å². The molecule has 0 aromatic heterocycles. The van der Waals surface area contributed by atoms with E-state index in [2.05, 4.69) is 15.9 Å². The van der Waals surface area contributed by atoms with Gasteiger partial charge in [-0.3, -0.25) is 4.79 Å². The number of hydrogen-bond donors (Lipinski definition) is 6. The van der Waals surface area contributed by atoms with Gasteiger partial charge < -0.3 is 36.0 Å². The molecule has 120 valence electrons. The molecule has 20 heavy (non-hydrogen) atoms. The summed E-state index contributed by atoms with van der Waals surface area (Å²) in [5.74, 6) is -0.910. The average Bonchev–Trinajstić information content (AvgIpc) is 2.40. The molecular weight excluding hydrogens is 338 g/mol. The van der Waals surface area contributed by atoms with E-state index >= 15 is 0 Å². The second kappa shape index (κ2) is 8.88. The fourth-order valence-electron chi connectivity index (χ4n) is 1.34. The largest absolute Gasteiger partial charge is 0.480 e. The number of carboxylic acids is 1. The SMILES string of the molecule is CC(C)[C@H](N)C(=O)O.OC[C@H]1OC(Br)[C@H](O)[C@@H](O)[C@@H]1O. The topological polar surface area (TPSA) is 153 Å². The summed E-state index contributed by atoms with van der Waals surface area (Å²) < 4.78 is 4.94. The highest BCUT2D eigenvalue weighted by molar-refractivity contribution is 9.09. The van der Waals surface area contributed by atoms with Crippen molar-refractivity contribution in [3.63, 3.8) is 0 Å². The van der Waals surface area contributed by atoms with Crippen molar-refractivity contribution in [1.29, 1.82) is 0 Å². The molecule has 8 nitrogen and oxygen atoms in total. The molecule has 7 N–H and O–H groups in total. The van der Waals surface area contributed by atoms with E-state index < -0.39 is 48.0 Å². The lowest BCUT2D eigenvalue weighted by Gasteiger charge is -2.37. The summed E-state index contributed by atoms with van der Waals surface area (Å²) in [4.78, 5) is 10.0. The summed E-state index contributed by atoms with van der Waals surface area (Å²) >= 11 is 2.95. The Kier molecular flexibility index (Phi) is 8.75. The van der Waals surface area contributed by atoms with Crippen LogP contribution in [-0.2, 0) is 9.53 Å². The Hall–Kier alpha value is -0.290. The third-order valence-corrected chi connectivity index (χ3v) is 3.59. The van der Waals surface area contributed by atoms with E-state index in [4.69, 9.17) is 25.8 Å². The summed E-state index contributed by atoms with van der Waals surface area (Å²) in [5, 5.41) is 43.7. The van der Waals surface area contributed by atoms with E-state index in [-0.39, 0.29) is 5.92 Å². The number of aliphatic hydroxyl groups excluding tert-OH is 4. The van der Waals surface area contributed by atoms with Crippen LogP contribution in [0.1, 0.15) is 13.8 Å². The normalized spacial score (nSPS) is 35.1. The number of alkyl halides is 1. The molecule has 9 heteroatoms. The Morgan fingerprint density at radius 1 is 1.25 bits per heavy atom. The number of carbonyl (C=O) groups is 1. The van der Waals surface area contributed by atoms with Gasteiger partial charge in [0.25, 0.3) is 0 Å². The smallest absolute Gasteiger partial charge is 0.320 e. The molecule has 0 saturated carbocycles. The van der Waals surface area contributed by atoms with Crippen LogP contribution in [0.3, 0.4) is 0 Å². The Morgan fingerprint density at radius 3 is 2.05 bits per heavy atom. The van der Waals surface area contributed by atoms with Crippen molar-refractivity contribution in [2.45, 2.75) is 49.3 Å². The van der Waals surface area contributed by atoms with Gasteiger partial charge in [-0.25, -0.2) is 0 Å². The Bertz CT molecular complexity index is 300. The lowest BCUT2D eigenvalue weighted by Crippen LogP contribution is -2.56. The summed E-state index contributed by atoms with van der Waals surface area (Å²) in [6.45, 7) is 3.16. The molecule has 0 spiro atoms. The zero-order valence-electron chi connectivity index (χ0n) is 11.3. The first-order valence-corrected chi connectivity index (χ1v) is 6.98. The average molecular weight is 360 g/mol. The highest BCUT2D eigenvalue weighted by atomic mass is 79.9. The molecular formula is C11H22BrNO7. The first kappa shape index (κ1) is 19.7. The number of ether oxygens (including phenoxy) is 1. The second-order valence-corrected chi connectivity index (χ2v) is 5.69. The van der Waals surface area contributed by atoms with Crippen molar-refractivity contribution in [2.75, 3.05) is 6.61 Å². The fraction of sp³-hybridized carbons (Fsp3) is 0.909. The van der Waals surface area contributed by atoms with Crippen LogP contribution < -0.4 is 5.73 Å². The molecule has 0 aliphatic carbocycles. The van der Waals surface area contributed by atoms with Gasteiger partial charge in [-0.15, -0.1) is 0 Å². The quantitative estimate of drug-likeness (QED) is 0.324. The van der Waals surface area contributed by atoms with E-state index in [0.717, 1.165) is 0 Å². The minimum absolute atomic E-state index is 0.0208. The Labute approximate surface area is 125 Å². The molecule has 1 aliphatic heterocycles. The number of nitrogens with two attached hydrogens (primary N) is 1. The van der Waals surface area contributed by atoms with Gasteiger partial charge in [0, 0.05) is 0 Å². The molecule has 1 unspecified atom stereocenters. The van der Waals surface area contributed by atoms with Gasteiger partial charge in [0.05, 0.1) is 6.61 Å². The third-order valence-electron chi connectivity index (χ3n) is 2.84. The van der Waals surface area contributed by atoms with Crippen LogP contribution in [-0.4, -0.2) is 73.6 Å². The molecule has 1 fully saturated rings. The van der Waals surface area contributed by atoms with Gasteiger partial charge in [0.2, 0.25) is 0 Å². The molecule has 1 aliphatic rings.